The van der Waals surface area contributed by atoms with Crippen molar-refractivity contribution < 1.29 is 9.66 Å². The van der Waals surface area contributed by atoms with Gasteiger partial charge in [0.25, 0.3) is 5.69 Å². The summed E-state index contributed by atoms with van der Waals surface area (Å²) in [5.41, 5.74) is 0.782. The number of hydrogen-bond donors (Lipinski definition) is 0. The van der Waals surface area contributed by atoms with Crippen molar-refractivity contribution in [2.75, 3.05) is 13.2 Å². The average Bonchev–Trinajstić information content (AvgIpc) is 2.17. The van der Waals surface area contributed by atoms with E-state index >= 15 is 0 Å². The summed E-state index contributed by atoms with van der Waals surface area (Å²) < 4.78 is 5.14. The molecule has 4 heteroatoms. The summed E-state index contributed by atoms with van der Waals surface area (Å²) in [6.45, 7) is 4.86. The molecule has 15 heavy (non-hydrogen) atoms. The molecule has 2 rings (SSSR count). The summed E-state index contributed by atoms with van der Waals surface area (Å²) in [5, 5.41) is 10.6. The second-order valence-electron chi connectivity index (χ2n) is 3.66. The quantitative estimate of drug-likeness (QED) is 0.431. The highest BCUT2D eigenvalue weighted by Gasteiger charge is 2.37. The third kappa shape index (κ3) is 1.53. The number of hydrogen-bond acceptors (Lipinski definition) is 3. The molecule has 0 atom stereocenters. The molecule has 0 bridgehead atoms. The zero-order chi connectivity index (χ0) is 10.9. The number of non-ortho nitro benzene ring substituents is 1. The van der Waals surface area contributed by atoms with Crippen LogP contribution in [0.1, 0.15) is 5.56 Å². The topological polar surface area (TPSA) is 52.4 Å². The molecule has 1 aliphatic rings. The molecule has 0 saturated carbocycles. The Morgan fingerprint density at radius 3 is 2.73 bits per heavy atom. The van der Waals surface area contributed by atoms with Crippen LogP contribution in [-0.4, -0.2) is 18.1 Å². The van der Waals surface area contributed by atoms with Gasteiger partial charge in [0.2, 0.25) is 0 Å². The molecule has 1 aliphatic heterocycles. The highest BCUT2D eigenvalue weighted by atomic mass is 16.6. The van der Waals surface area contributed by atoms with E-state index < -0.39 is 0 Å². The standard InChI is InChI=1S/C11H11NO3/c1-2-11(7-15-8-11)9-4-3-5-10(6-9)12(13)14/h2-6H,1,7-8H2. The Morgan fingerprint density at radius 1 is 1.53 bits per heavy atom. The van der Waals surface area contributed by atoms with Gasteiger partial charge in [-0.3, -0.25) is 10.1 Å². The van der Waals surface area contributed by atoms with Crippen LogP contribution in [0, 0.1) is 10.1 Å². The highest BCUT2D eigenvalue weighted by molar-refractivity contribution is 5.41. The van der Waals surface area contributed by atoms with Crippen LogP contribution in [0.3, 0.4) is 0 Å². The lowest BCUT2D eigenvalue weighted by Gasteiger charge is -2.39. The maximum absolute atomic E-state index is 10.6. The summed E-state index contributed by atoms with van der Waals surface area (Å²) in [4.78, 5) is 10.2. The molecule has 1 fully saturated rings. The Kier molecular flexibility index (Phi) is 2.28. The molecule has 78 valence electrons. The van der Waals surface area contributed by atoms with Crippen LogP contribution in [0.5, 0.6) is 0 Å². The van der Waals surface area contributed by atoms with Crippen molar-refractivity contribution in [1.82, 2.24) is 0 Å². The molecule has 0 spiro atoms. The van der Waals surface area contributed by atoms with Crippen molar-refractivity contribution in [3.63, 3.8) is 0 Å². The van der Waals surface area contributed by atoms with Gasteiger partial charge < -0.3 is 4.74 Å². The van der Waals surface area contributed by atoms with Gasteiger partial charge in [-0.1, -0.05) is 18.2 Å². The van der Waals surface area contributed by atoms with E-state index in [0.29, 0.717) is 13.2 Å². The molecule has 0 unspecified atom stereocenters. The fourth-order valence-corrected chi connectivity index (χ4v) is 1.65. The van der Waals surface area contributed by atoms with Crippen molar-refractivity contribution in [3.8, 4) is 0 Å². The van der Waals surface area contributed by atoms with Crippen LogP contribution in [0.2, 0.25) is 0 Å². The third-order valence-electron chi connectivity index (χ3n) is 2.74. The van der Waals surface area contributed by atoms with Gasteiger partial charge in [-0.2, -0.15) is 0 Å². The Morgan fingerprint density at radius 2 is 2.27 bits per heavy atom. The maximum Gasteiger partial charge on any atom is 0.269 e. The Labute approximate surface area is 87.3 Å². The number of nitro benzene ring substituents is 1. The summed E-state index contributed by atoms with van der Waals surface area (Å²) in [5.74, 6) is 0. The van der Waals surface area contributed by atoms with E-state index in [4.69, 9.17) is 4.74 Å². The summed E-state index contributed by atoms with van der Waals surface area (Å²) >= 11 is 0. The van der Waals surface area contributed by atoms with Crippen molar-refractivity contribution in [1.29, 1.82) is 0 Å². The number of rotatable bonds is 3. The van der Waals surface area contributed by atoms with Crippen LogP contribution >= 0.6 is 0 Å². The lowest BCUT2D eigenvalue weighted by atomic mass is 9.79. The minimum absolute atomic E-state index is 0.112. The van der Waals surface area contributed by atoms with E-state index in [9.17, 15) is 10.1 Å². The Hall–Kier alpha value is -1.68. The first-order valence-corrected chi connectivity index (χ1v) is 4.64. The zero-order valence-electron chi connectivity index (χ0n) is 8.18. The summed E-state index contributed by atoms with van der Waals surface area (Å²) in [6.07, 6.45) is 1.80. The minimum Gasteiger partial charge on any atom is -0.379 e. The third-order valence-corrected chi connectivity index (χ3v) is 2.74. The molecule has 1 saturated heterocycles. The first-order valence-electron chi connectivity index (χ1n) is 4.64. The first-order chi connectivity index (χ1) is 7.18. The maximum atomic E-state index is 10.6. The van der Waals surface area contributed by atoms with Gasteiger partial charge in [-0.25, -0.2) is 0 Å². The number of nitrogens with zero attached hydrogens (tertiary/aromatic N) is 1. The summed E-state index contributed by atoms with van der Waals surface area (Å²) in [7, 11) is 0. The van der Waals surface area contributed by atoms with E-state index in [1.807, 2.05) is 6.07 Å². The Balaban J connectivity index is 2.40. The highest BCUT2D eigenvalue weighted by Crippen LogP contribution is 2.34. The molecule has 1 heterocycles. The molecule has 0 aromatic heterocycles. The average molecular weight is 205 g/mol. The van der Waals surface area contributed by atoms with Gasteiger partial charge in [0.15, 0.2) is 0 Å². The number of ether oxygens (including phenoxy) is 1. The molecule has 0 radical (unpaired) electrons. The van der Waals surface area contributed by atoms with Gasteiger partial charge in [-0.05, 0) is 5.56 Å². The number of nitro groups is 1. The molecule has 0 aliphatic carbocycles. The predicted molar refractivity (Wildman–Crippen MR) is 55.8 cm³/mol. The van der Waals surface area contributed by atoms with Crippen molar-refractivity contribution in [2.24, 2.45) is 0 Å². The lowest BCUT2D eigenvalue weighted by Crippen LogP contribution is -2.44. The molecule has 0 N–H and O–H groups in total. The van der Waals surface area contributed by atoms with Crippen LogP contribution in [0.4, 0.5) is 5.69 Å². The van der Waals surface area contributed by atoms with E-state index in [-0.39, 0.29) is 16.0 Å². The molecule has 1 aromatic carbocycles. The molecule has 4 nitrogen and oxygen atoms in total. The van der Waals surface area contributed by atoms with Crippen molar-refractivity contribution in [2.45, 2.75) is 5.41 Å². The predicted octanol–water partition coefficient (Wildman–Crippen LogP) is 2.05. The second kappa shape index (κ2) is 3.47. The SMILES string of the molecule is C=CC1(c2cccc([N+](=O)[O-])c2)COC1. The fraction of sp³-hybridized carbons (Fsp3) is 0.273. The molecule has 0 amide bonds. The van der Waals surface area contributed by atoms with E-state index in [0.717, 1.165) is 5.56 Å². The normalized spacial score (nSPS) is 17.9. The monoisotopic (exact) mass is 205 g/mol. The molecular weight excluding hydrogens is 194 g/mol. The van der Waals surface area contributed by atoms with Crippen LogP contribution in [0.25, 0.3) is 0 Å². The van der Waals surface area contributed by atoms with E-state index in [1.165, 1.54) is 6.07 Å². The van der Waals surface area contributed by atoms with Crippen molar-refractivity contribution >= 4 is 5.69 Å². The number of benzene rings is 1. The Bertz CT molecular complexity index is 410. The van der Waals surface area contributed by atoms with Gasteiger partial charge >= 0.3 is 0 Å². The smallest absolute Gasteiger partial charge is 0.269 e. The van der Waals surface area contributed by atoms with Gasteiger partial charge in [0.1, 0.15) is 0 Å². The molecular formula is C11H11NO3. The van der Waals surface area contributed by atoms with Crippen LogP contribution in [0.15, 0.2) is 36.9 Å². The summed E-state index contributed by atoms with van der Waals surface area (Å²) in [6, 6.07) is 6.64. The van der Waals surface area contributed by atoms with Gasteiger partial charge in [0.05, 0.1) is 23.6 Å². The fourth-order valence-electron chi connectivity index (χ4n) is 1.65. The lowest BCUT2D eigenvalue weighted by molar-refractivity contribution is -0.385. The largest absolute Gasteiger partial charge is 0.379 e. The van der Waals surface area contributed by atoms with Gasteiger partial charge in [0, 0.05) is 12.1 Å². The van der Waals surface area contributed by atoms with Gasteiger partial charge in [-0.15, -0.1) is 6.58 Å². The molecule has 1 aromatic rings. The van der Waals surface area contributed by atoms with E-state index in [1.54, 1.807) is 18.2 Å². The van der Waals surface area contributed by atoms with E-state index in [2.05, 4.69) is 6.58 Å². The van der Waals surface area contributed by atoms with Crippen LogP contribution < -0.4 is 0 Å². The van der Waals surface area contributed by atoms with Crippen molar-refractivity contribution in [3.05, 3.63) is 52.6 Å². The minimum atomic E-state index is -0.389. The van der Waals surface area contributed by atoms with Crippen LogP contribution in [-0.2, 0) is 10.2 Å². The zero-order valence-corrected chi connectivity index (χ0v) is 8.18. The second-order valence-corrected chi connectivity index (χ2v) is 3.66. The first kappa shape index (κ1) is 9.86.